The average molecular weight is 224 g/mol. The molecule has 0 saturated carbocycles. The molecule has 0 spiro atoms. The van der Waals surface area contributed by atoms with E-state index < -0.39 is 0 Å². The highest BCUT2D eigenvalue weighted by Gasteiger charge is 2.15. The standard InChI is InChI=1S/C11H16N2OS/c1-14-10-3-2-5-12-11(10)13-7-9-4-6-15-8-9/h2-3,5,9H,4,6-8H2,1H3,(H,12,13). The third kappa shape index (κ3) is 2.78. The quantitative estimate of drug-likeness (QED) is 0.850. The summed E-state index contributed by atoms with van der Waals surface area (Å²) in [5, 5.41) is 3.36. The summed E-state index contributed by atoms with van der Waals surface area (Å²) in [6.45, 7) is 1.00. The van der Waals surface area contributed by atoms with Crippen molar-refractivity contribution in [3.8, 4) is 5.75 Å². The molecule has 2 heterocycles. The number of rotatable bonds is 4. The van der Waals surface area contributed by atoms with E-state index >= 15 is 0 Å². The Bertz CT molecular complexity index is 313. The molecule has 1 unspecified atom stereocenters. The topological polar surface area (TPSA) is 34.1 Å². The van der Waals surface area contributed by atoms with E-state index in [4.69, 9.17) is 4.74 Å². The van der Waals surface area contributed by atoms with Gasteiger partial charge in [-0.1, -0.05) is 0 Å². The van der Waals surface area contributed by atoms with Gasteiger partial charge in [-0.25, -0.2) is 4.98 Å². The smallest absolute Gasteiger partial charge is 0.168 e. The summed E-state index contributed by atoms with van der Waals surface area (Å²) in [6.07, 6.45) is 3.10. The minimum atomic E-state index is 0.779. The molecule has 1 fully saturated rings. The van der Waals surface area contributed by atoms with Crippen LogP contribution in [0.4, 0.5) is 5.82 Å². The van der Waals surface area contributed by atoms with Crippen LogP contribution >= 0.6 is 11.8 Å². The predicted octanol–water partition coefficient (Wildman–Crippen LogP) is 2.26. The second-order valence-electron chi connectivity index (χ2n) is 3.66. The molecule has 15 heavy (non-hydrogen) atoms. The lowest BCUT2D eigenvalue weighted by Gasteiger charge is -2.12. The van der Waals surface area contributed by atoms with Gasteiger partial charge in [0.15, 0.2) is 11.6 Å². The highest BCUT2D eigenvalue weighted by atomic mass is 32.2. The van der Waals surface area contributed by atoms with E-state index in [1.165, 1.54) is 17.9 Å². The van der Waals surface area contributed by atoms with Crippen LogP contribution in [0, 0.1) is 5.92 Å². The van der Waals surface area contributed by atoms with Gasteiger partial charge in [0.05, 0.1) is 7.11 Å². The van der Waals surface area contributed by atoms with E-state index in [2.05, 4.69) is 10.3 Å². The zero-order valence-electron chi connectivity index (χ0n) is 8.90. The molecule has 0 radical (unpaired) electrons. The van der Waals surface area contributed by atoms with Crippen molar-refractivity contribution in [3.63, 3.8) is 0 Å². The summed E-state index contributed by atoms with van der Waals surface area (Å²) < 4.78 is 5.23. The molecule has 4 heteroatoms. The Kier molecular flexibility index (Phi) is 3.72. The third-order valence-electron chi connectivity index (χ3n) is 2.57. The van der Waals surface area contributed by atoms with Crippen molar-refractivity contribution in [2.45, 2.75) is 6.42 Å². The first-order valence-electron chi connectivity index (χ1n) is 5.21. The van der Waals surface area contributed by atoms with Gasteiger partial charge in [-0.15, -0.1) is 0 Å². The predicted molar refractivity (Wildman–Crippen MR) is 64.7 cm³/mol. The van der Waals surface area contributed by atoms with Gasteiger partial charge < -0.3 is 10.1 Å². The molecule has 1 aromatic heterocycles. The molecule has 1 aliphatic rings. The van der Waals surface area contributed by atoms with Gasteiger partial charge >= 0.3 is 0 Å². The Hall–Kier alpha value is -0.900. The molecule has 0 bridgehead atoms. The molecular weight excluding hydrogens is 208 g/mol. The number of methoxy groups -OCH3 is 1. The largest absolute Gasteiger partial charge is 0.493 e. The number of nitrogens with one attached hydrogen (secondary N) is 1. The summed E-state index contributed by atoms with van der Waals surface area (Å²) in [7, 11) is 1.67. The molecule has 2 rings (SSSR count). The van der Waals surface area contributed by atoms with Gasteiger partial charge in [-0.3, -0.25) is 0 Å². The molecule has 1 N–H and O–H groups in total. The number of pyridine rings is 1. The number of thioether (sulfide) groups is 1. The van der Waals surface area contributed by atoms with Crippen LogP contribution < -0.4 is 10.1 Å². The van der Waals surface area contributed by atoms with Crippen molar-refractivity contribution < 1.29 is 4.74 Å². The van der Waals surface area contributed by atoms with Gasteiger partial charge in [0.2, 0.25) is 0 Å². The monoisotopic (exact) mass is 224 g/mol. The fourth-order valence-electron chi connectivity index (χ4n) is 1.67. The van der Waals surface area contributed by atoms with Crippen LogP contribution in [0.5, 0.6) is 5.75 Å². The van der Waals surface area contributed by atoms with Crippen molar-refractivity contribution in [2.75, 3.05) is 30.5 Å². The minimum Gasteiger partial charge on any atom is -0.493 e. The lowest BCUT2D eigenvalue weighted by molar-refractivity contribution is 0.414. The molecule has 0 aromatic carbocycles. The maximum absolute atomic E-state index is 5.23. The van der Waals surface area contributed by atoms with Crippen LogP contribution in [0.2, 0.25) is 0 Å². The molecule has 1 saturated heterocycles. The van der Waals surface area contributed by atoms with Crippen LogP contribution in [0.1, 0.15) is 6.42 Å². The second kappa shape index (κ2) is 5.26. The first kappa shape index (κ1) is 10.6. The summed E-state index contributed by atoms with van der Waals surface area (Å²) in [6, 6.07) is 3.81. The minimum absolute atomic E-state index is 0.779. The molecule has 82 valence electrons. The van der Waals surface area contributed by atoms with Crippen LogP contribution in [0.25, 0.3) is 0 Å². The summed E-state index contributed by atoms with van der Waals surface area (Å²) in [5.74, 6) is 5.02. The number of aromatic nitrogens is 1. The van der Waals surface area contributed by atoms with Crippen molar-refractivity contribution in [3.05, 3.63) is 18.3 Å². The van der Waals surface area contributed by atoms with Gasteiger partial charge in [-0.2, -0.15) is 11.8 Å². The average Bonchev–Trinajstić information content (AvgIpc) is 2.79. The van der Waals surface area contributed by atoms with E-state index in [-0.39, 0.29) is 0 Å². The van der Waals surface area contributed by atoms with Crippen molar-refractivity contribution in [1.82, 2.24) is 4.98 Å². The molecule has 0 amide bonds. The second-order valence-corrected chi connectivity index (χ2v) is 4.81. The zero-order valence-corrected chi connectivity index (χ0v) is 9.72. The summed E-state index contributed by atoms with van der Waals surface area (Å²) >= 11 is 2.04. The molecule has 1 aliphatic heterocycles. The summed E-state index contributed by atoms with van der Waals surface area (Å²) in [5.41, 5.74) is 0. The van der Waals surface area contributed by atoms with E-state index in [9.17, 15) is 0 Å². The fourth-order valence-corrected chi connectivity index (χ4v) is 2.96. The normalized spacial score (nSPS) is 20.2. The summed E-state index contributed by atoms with van der Waals surface area (Å²) in [4.78, 5) is 4.27. The van der Waals surface area contributed by atoms with Gasteiger partial charge in [0.25, 0.3) is 0 Å². The van der Waals surface area contributed by atoms with Gasteiger partial charge in [0, 0.05) is 12.7 Å². The number of hydrogen-bond acceptors (Lipinski definition) is 4. The Balaban J connectivity index is 1.91. The van der Waals surface area contributed by atoms with E-state index in [0.29, 0.717) is 0 Å². The van der Waals surface area contributed by atoms with Crippen LogP contribution in [0.15, 0.2) is 18.3 Å². The highest BCUT2D eigenvalue weighted by molar-refractivity contribution is 7.99. The Morgan fingerprint density at radius 3 is 3.33 bits per heavy atom. The van der Waals surface area contributed by atoms with Gasteiger partial charge in [0.1, 0.15) is 0 Å². The Morgan fingerprint density at radius 1 is 1.67 bits per heavy atom. The third-order valence-corrected chi connectivity index (χ3v) is 3.80. The van der Waals surface area contributed by atoms with Crippen molar-refractivity contribution in [1.29, 1.82) is 0 Å². The number of ether oxygens (including phenoxy) is 1. The molecule has 3 nitrogen and oxygen atoms in total. The van der Waals surface area contributed by atoms with Gasteiger partial charge in [-0.05, 0) is 36.0 Å². The van der Waals surface area contributed by atoms with Crippen molar-refractivity contribution >= 4 is 17.6 Å². The zero-order chi connectivity index (χ0) is 10.5. The molecular formula is C11H16N2OS. The number of anilines is 1. The first-order valence-corrected chi connectivity index (χ1v) is 6.36. The number of hydrogen-bond donors (Lipinski definition) is 1. The van der Waals surface area contributed by atoms with Crippen LogP contribution in [-0.2, 0) is 0 Å². The van der Waals surface area contributed by atoms with E-state index in [1.54, 1.807) is 13.3 Å². The number of nitrogens with zero attached hydrogens (tertiary/aromatic N) is 1. The Labute approximate surface area is 94.6 Å². The molecule has 0 aliphatic carbocycles. The fraction of sp³-hybridized carbons (Fsp3) is 0.545. The molecule has 1 atom stereocenters. The SMILES string of the molecule is COc1cccnc1NCC1CCSC1. The molecule has 1 aromatic rings. The lowest BCUT2D eigenvalue weighted by Crippen LogP contribution is -2.14. The van der Waals surface area contributed by atoms with E-state index in [1.807, 2.05) is 23.9 Å². The van der Waals surface area contributed by atoms with Crippen LogP contribution in [-0.4, -0.2) is 30.1 Å². The maximum Gasteiger partial charge on any atom is 0.168 e. The maximum atomic E-state index is 5.23. The van der Waals surface area contributed by atoms with Crippen molar-refractivity contribution in [2.24, 2.45) is 5.92 Å². The highest BCUT2D eigenvalue weighted by Crippen LogP contribution is 2.25. The lowest BCUT2D eigenvalue weighted by atomic mass is 10.1. The van der Waals surface area contributed by atoms with Crippen LogP contribution in [0.3, 0.4) is 0 Å². The van der Waals surface area contributed by atoms with E-state index in [0.717, 1.165) is 24.0 Å². The first-order chi connectivity index (χ1) is 7.40. The Morgan fingerprint density at radius 2 is 2.60 bits per heavy atom.